The topological polar surface area (TPSA) is 111 Å². The number of carboxylic acids is 1. The third-order valence-electron chi connectivity index (χ3n) is 4.47. The van der Waals surface area contributed by atoms with Crippen LogP contribution in [0.3, 0.4) is 0 Å². The van der Waals surface area contributed by atoms with Crippen molar-refractivity contribution in [1.29, 1.82) is 0 Å². The quantitative estimate of drug-likeness (QED) is 0.588. The third-order valence-corrected chi connectivity index (χ3v) is 5.82. The molecule has 0 amide bonds. The predicted octanol–water partition coefficient (Wildman–Crippen LogP) is 2.43. The zero-order valence-corrected chi connectivity index (χ0v) is 17.7. The van der Waals surface area contributed by atoms with E-state index >= 15 is 0 Å². The number of fused-ring (bicyclic) bond motifs is 1. The van der Waals surface area contributed by atoms with Gasteiger partial charge in [-0.2, -0.15) is 0 Å². The molecule has 4 rings (SSSR count). The Bertz CT molecular complexity index is 1410. The Morgan fingerprint density at radius 3 is 2.90 bits per heavy atom. The number of nitrogens with zero attached hydrogens (tertiary/aromatic N) is 2. The molecule has 1 aliphatic rings. The highest BCUT2D eigenvalue weighted by Crippen LogP contribution is 2.27. The number of carboxylic acid groups (broad SMARTS) is 1. The third kappa shape index (κ3) is 4.10. The molecule has 3 heterocycles. The number of carbonyl (C=O) groups excluding carboxylic acids is 1. The highest BCUT2D eigenvalue weighted by molar-refractivity contribution is 7.07. The fourth-order valence-corrected chi connectivity index (χ4v) is 4.12. The maximum absolute atomic E-state index is 12.8. The fraction of sp³-hybridized carbons (Fsp3) is 0.143. The van der Waals surface area contributed by atoms with Crippen LogP contribution in [0.1, 0.15) is 23.0 Å². The lowest BCUT2D eigenvalue weighted by atomic mass is 10.1. The van der Waals surface area contributed by atoms with Gasteiger partial charge in [-0.3, -0.25) is 9.36 Å². The van der Waals surface area contributed by atoms with Crippen LogP contribution in [-0.2, 0) is 16.1 Å². The standard InChI is InChI=1S/C21H15ClN2O6S/c1-2-29-20(28)12-9-23-21-24(10-12)18(25)17(31-21)8-13-4-6-16(30-13)11-3-5-15(22)14(7-11)19(26)27/h3-9H,2,10H2,1H3,(H,26,27). The number of aromatic carboxylic acids is 1. The van der Waals surface area contributed by atoms with E-state index in [0.29, 0.717) is 32.0 Å². The monoisotopic (exact) mass is 458 g/mol. The number of hydrogen-bond acceptors (Lipinski definition) is 7. The first-order valence-corrected chi connectivity index (χ1v) is 10.3. The van der Waals surface area contributed by atoms with E-state index in [1.807, 2.05) is 0 Å². The molecule has 0 aliphatic carbocycles. The lowest BCUT2D eigenvalue weighted by Gasteiger charge is -2.08. The number of benzene rings is 1. The minimum absolute atomic E-state index is 0.0308. The normalized spacial score (nSPS) is 13.4. The lowest BCUT2D eigenvalue weighted by Crippen LogP contribution is -2.34. The van der Waals surface area contributed by atoms with Crippen molar-refractivity contribution in [2.24, 2.45) is 4.99 Å². The maximum atomic E-state index is 12.8. The molecule has 1 aliphatic heterocycles. The van der Waals surface area contributed by atoms with E-state index in [4.69, 9.17) is 20.8 Å². The minimum Gasteiger partial charge on any atom is -0.478 e. The molecule has 3 aromatic rings. The summed E-state index contributed by atoms with van der Waals surface area (Å²) in [5, 5.41) is 9.36. The predicted molar refractivity (Wildman–Crippen MR) is 114 cm³/mol. The van der Waals surface area contributed by atoms with Gasteiger partial charge in [-0.15, -0.1) is 0 Å². The first-order valence-electron chi connectivity index (χ1n) is 9.15. The van der Waals surface area contributed by atoms with Crippen molar-refractivity contribution in [3.63, 3.8) is 0 Å². The van der Waals surface area contributed by atoms with Crippen molar-refractivity contribution in [3.8, 4) is 11.3 Å². The van der Waals surface area contributed by atoms with E-state index in [9.17, 15) is 19.5 Å². The Kier molecular flexibility index (Phi) is 5.62. The zero-order chi connectivity index (χ0) is 22.1. The molecule has 0 radical (unpaired) electrons. The molecule has 0 fully saturated rings. The van der Waals surface area contributed by atoms with Gasteiger partial charge >= 0.3 is 11.9 Å². The van der Waals surface area contributed by atoms with E-state index in [1.165, 1.54) is 34.2 Å². The molecule has 10 heteroatoms. The Labute approximate surface area is 184 Å². The molecule has 0 unspecified atom stereocenters. The average Bonchev–Trinajstić information content (AvgIpc) is 3.33. The molecule has 158 valence electrons. The zero-order valence-electron chi connectivity index (χ0n) is 16.1. The number of hydrogen-bond donors (Lipinski definition) is 1. The van der Waals surface area contributed by atoms with E-state index < -0.39 is 11.9 Å². The molecular formula is C21H15ClN2O6S. The van der Waals surface area contributed by atoms with Gasteiger partial charge in [0.05, 0.1) is 33.8 Å². The van der Waals surface area contributed by atoms with Gasteiger partial charge in [0.15, 0.2) is 4.80 Å². The van der Waals surface area contributed by atoms with Gasteiger partial charge < -0.3 is 14.3 Å². The van der Waals surface area contributed by atoms with Crippen LogP contribution in [0.2, 0.25) is 5.02 Å². The van der Waals surface area contributed by atoms with Crippen LogP contribution < -0.4 is 14.9 Å². The average molecular weight is 459 g/mol. The number of ether oxygens (including phenoxy) is 1. The number of carbonyl (C=O) groups is 2. The lowest BCUT2D eigenvalue weighted by molar-refractivity contribution is -0.138. The number of aromatic nitrogens is 1. The van der Waals surface area contributed by atoms with Crippen LogP contribution in [0.25, 0.3) is 17.4 Å². The van der Waals surface area contributed by atoms with Gasteiger partial charge in [-0.25, -0.2) is 14.6 Å². The number of rotatable bonds is 5. The van der Waals surface area contributed by atoms with Gasteiger partial charge in [0.1, 0.15) is 11.5 Å². The van der Waals surface area contributed by atoms with Crippen molar-refractivity contribution >= 4 is 41.0 Å². The molecule has 8 nitrogen and oxygen atoms in total. The van der Waals surface area contributed by atoms with Crippen LogP contribution in [-0.4, -0.2) is 28.2 Å². The number of thiazole rings is 1. The smallest absolute Gasteiger partial charge is 0.337 e. The summed E-state index contributed by atoms with van der Waals surface area (Å²) in [6.07, 6.45) is 2.99. The second-order valence-electron chi connectivity index (χ2n) is 6.49. The highest BCUT2D eigenvalue weighted by Gasteiger charge is 2.18. The summed E-state index contributed by atoms with van der Waals surface area (Å²) in [6, 6.07) is 7.91. The molecule has 0 spiro atoms. The summed E-state index contributed by atoms with van der Waals surface area (Å²) < 4.78 is 12.5. The number of esters is 1. The van der Waals surface area contributed by atoms with Crippen LogP contribution in [0, 0.1) is 0 Å². The second-order valence-corrected chi connectivity index (χ2v) is 7.91. The molecular weight excluding hydrogens is 444 g/mol. The van der Waals surface area contributed by atoms with Gasteiger partial charge in [0.25, 0.3) is 5.56 Å². The van der Waals surface area contributed by atoms with Crippen LogP contribution >= 0.6 is 22.9 Å². The summed E-state index contributed by atoms with van der Waals surface area (Å²) in [5.41, 5.74) is 0.521. The van der Waals surface area contributed by atoms with Gasteiger partial charge in [0, 0.05) is 17.8 Å². The fourth-order valence-electron chi connectivity index (χ4n) is 2.99. The Hall–Kier alpha value is -3.43. The van der Waals surface area contributed by atoms with Crippen LogP contribution in [0.4, 0.5) is 0 Å². The molecule has 0 saturated carbocycles. The SMILES string of the molecule is CCOC(=O)C1=CN=c2sc(=Cc3ccc(-c4ccc(Cl)c(C(=O)O)c4)o3)c(=O)n2C1. The summed E-state index contributed by atoms with van der Waals surface area (Å²) in [6.45, 7) is 2.04. The Morgan fingerprint density at radius 2 is 2.16 bits per heavy atom. The molecule has 0 saturated heterocycles. The van der Waals surface area contributed by atoms with Crippen molar-refractivity contribution < 1.29 is 23.8 Å². The summed E-state index contributed by atoms with van der Waals surface area (Å²) >= 11 is 7.08. The summed E-state index contributed by atoms with van der Waals surface area (Å²) in [7, 11) is 0. The Morgan fingerprint density at radius 1 is 1.35 bits per heavy atom. The molecule has 2 aromatic heterocycles. The first-order chi connectivity index (χ1) is 14.9. The number of furan rings is 1. The summed E-state index contributed by atoms with van der Waals surface area (Å²) in [4.78, 5) is 40.6. The maximum Gasteiger partial charge on any atom is 0.337 e. The van der Waals surface area contributed by atoms with E-state index in [-0.39, 0.29) is 29.3 Å². The van der Waals surface area contributed by atoms with Crippen LogP contribution in [0.15, 0.2) is 56.3 Å². The Balaban J connectivity index is 1.65. The molecule has 0 bridgehead atoms. The minimum atomic E-state index is -1.14. The number of halogens is 1. The molecule has 1 N–H and O–H groups in total. The van der Waals surface area contributed by atoms with E-state index in [0.717, 1.165) is 0 Å². The summed E-state index contributed by atoms with van der Waals surface area (Å²) in [5.74, 6) is -0.790. The second kappa shape index (κ2) is 8.37. The highest BCUT2D eigenvalue weighted by atomic mass is 35.5. The molecule has 1 aromatic carbocycles. The van der Waals surface area contributed by atoms with Crippen LogP contribution in [0.5, 0.6) is 0 Å². The molecule has 0 atom stereocenters. The van der Waals surface area contributed by atoms with Crippen molar-refractivity contribution in [2.45, 2.75) is 13.5 Å². The van der Waals surface area contributed by atoms with Crippen molar-refractivity contribution in [3.05, 3.63) is 78.1 Å². The van der Waals surface area contributed by atoms with Gasteiger partial charge in [-0.1, -0.05) is 22.9 Å². The van der Waals surface area contributed by atoms with Crippen molar-refractivity contribution in [2.75, 3.05) is 6.61 Å². The molecule has 31 heavy (non-hydrogen) atoms. The van der Waals surface area contributed by atoms with E-state index in [1.54, 1.807) is 31.2 Å². The van der Waals surface area contributed by atoms with Crippen molar-refractivity contribution in [1.82, 2.24) is 4.57 Å². The van der Waals surface area contributed by atoms with E-state index in [2.05, 4.69) is 4.99 Å². The van der Waals surface area contributed by atoms with Gasteiger partial charge in [0.2, 0.25) is 0 Å². The first kappa shape index (κ1) is 20.8. The largest absolute Gasteiger partial charge is 0.478 e. The van der Waals surface area contributed by atoms with Gasteiger partial charge in [-0.05, 0) is 37.3 Å².